The number of benzene rings is 3. The molecule has 3 nitrogen and oxygen atoms in total. The molecule has 3 aromatic rings. The summed E-state index contributed by atoms with van der Waals surface area (Å²) in [7, 11) is 0. The minimum atomic E-state index is 0.571. The summed E-state index contributed by atoms with van der Waals surface area (Å²) in [6.45, 7) is 2.50. The third kappa shape index (κ3) is 2.77. The molecular formula is C18H17NO2. The molecule has 0 fully saturated rings. The van der Waals surface area contributed by atoms with E-state index in [-0.39, 0.29) is 0 Å². The zero-order chi connectivity index (χ0) is 14.7. The summed E-state index contributed by atoms with van der Waals surface area (Å²) in [5.74, 6) is 2.18. The van der Waals surface area contributed by atoms with Crippen LogP contribution in [0.4, 0.5) is 5.69 Å². The predicted octanol–water partition coefficient (Wildman–Crippen LogP) is 4.61. The lowest BCUT2D eigenvalue weighted by Crippen LogP contribution is -1.97. The lowest BCUT2D eigenvalue weighted by Gasteiger charge is -2.12. The minimum absolute atomic E-state index is 0.571. The number of nitrogen functional groups attached to an aromatic ring is 1. The Kier molecular flexibility index (Phi) is 3.65. The van der Waals surface area contributed by atoms with Gasteiger partial charge in [0.25, 0.3) is 0 Å². The maximum absolute atomic E-state index is 6.00. The number of fused-ring (bicyclic) bond motifs is 1. The molecule has 0 radical (unpaired) electrons. The van der Waals surface area contributed by atoms with E-state index in [1.165, 1.54) is 0 Å². The third-order valence-electron chi connectivity index (χ3n) is 3.26. The highest BCUT2D eigenvalue weighted by atomic mass is 16.5. The van der Waals surface area contributed by atoms with E-state index in [0.29, 0.717) is 23.8 Å². The largest absolute Gasteiger partial charge is 0.492 e. The Bertz CT molecular complexity index is 763. The van der Waals surface area contributed by atoms with Crippen LogP contribution in [0.2, 0.25) is 0 Å². The Morgan fingerprint density at radius 1 is 0.905 bits per heavy atom. The molecule has 0 bridgehead atoms. The molecule has 0 aliphatic rings. The van der Waals surface area contributed by atoms with E-state index in [0.717, 1.165) is 16.5 Å². The zero-order valence-corrected chi connectivity index (χ0v) is 11.9. The first-order valence-electron chi connectivity index (χ1n) is 6.96. The van der Waals surface area contributed by atoms with Crippen LogP contribution in [0.3, 0.4) is 0 Å². The molecule has 0 spiro atoms. The van der Waals surface area contributed by atoms with E-state index >= 15 is 0 Å². The molecule has 0 saturated carbocycles. The van der Waals surface area contributed by atoms with E-state index < -0.39 is 0 Å². The number of hydrogen-bond donors (Lipinski definition) is 1. The molecule has 3 rings (SSSR count). The first-order chi connectivity index (χ1) is 10.3. The lowest BCUT2D eigenvalue weighted by molar-refractivity contribution is 0.340. The van der Waals surface area contributed by atoms with E-state index in [4.69, 9.17) is 15.2 Å². The average molecular weight is 279 g/mol. The molecule has 0 aliphatic carbocycles. The highest BCUT2D eigenvalue weighted by Crippen LogP contribution is 2.33. The Balaban J connectivity index is 1.97. The van der Waals surface area contributed by atoms with Crippen molar-refractivity contribution in [3.05, 3.63) is 60.7 Å². The van der Waals surface area contributed by atoms with Crippen LogP contribution in [0.15, 0.2) is 60.7 Å². The molecule has 3 aromatic carbocycles. The summed E-state index contributed by atoms with van der Waals surface area (Å²) in [6.07, 6.45) is 0. The van der Waals surface area contributed by atoms with Crippen molar-refractivity contribution in [3.63, 3.8) is 0 Å². The van der Waals surface area contributed by atoms with Crippen LogP contribution >= 0.6 is 0 Å². The second-order valence-corrected chi connectivity index (χ2v) is 4.71. The molecule has 0 aromatic heterocycles. The molecule has 0 unspecified atom stereocenters. The average Bonchev–Trinajstić information content (AvgIpc) is 2.51. The van der Waals surface area contributed by atoms with Gasteiger partial charge in [0.2, 0.25) is 0 Å². The van der Waals surface area contributed by atoms with Crippen molar-refractivity contribution >= 4 is 16.5 Å². The van der Waals surface area contributed by atoms with Crippen molar-refractivity contribution in [1.82, 2.24) is 0 Å². The Morgan fingerprint density at radius 3 is 2.57 bits per heavy atom. The lowest BCUT2D eigenvalue weighted by atomic mass is 10.1. The number of nitrogens with two attached hydrogens (primary N) is 1. The van der Waals surface area contributed by atoms with E-state index in [9.17, 15) is 0 Å². The number of anilines is 1. The van der Waals surface area contributed by atoms with Crippen LogP contribution in [0, 0.1) is 0 Å². The fourth-order valence-corrected chi connectivity index (χ4v) is 2.27. The van der Waals surface area contributed by atoms with Crippen molar-refractivity contribution < 1.29 is 9.47 Å². The van der Waals surface area contributed by atoms with Gasteiger partial charge in [0.1, 0.15) is 17.2 Å². The van der Waals surface area contributed by atoms with Crippen LogP contribution in [0.5, 0.6) is 17.2 Å². The van der Waals surface area contributed by atoms with Gasteiger partial charge in [-0.1, -0.05) is 36.4 Å². The second-order valence-electron chi connectivity index (χ2n) is 4.71. The fraction of sp³-hybridized carbons (Fsp3) is 0.111. The molecule has 0 amide bonds. The maximum Gasteiger partial charge on any atom is 0.145 e. The van der Waals surface area contributed by atoms with Crippen LogP contribution in [0.1, 0.15) is 6.92 Å². The molecule has 2 N–H and O–H groups in total. The third-order valence-corrected chi connectivity index (χ3v) is 3.26. The summed E-state index contributed by atoms with van der Waals surface area (Å²) >= 11 is 0. The van der Waals surface area contributed by atoms with Gasteiger partial charge >= 0.3 is 0 Å². The van der Waals surface area contributed by atoms with Crippen LogP contribution in [-0.2, 0) is 0 Å². The van der Waals surface area contributed by atoms with Crippen LogP contribution in [0.25, 0.3) is 10.8 Å². The Morgan fingerprint density at radius 2 is 1.71 bits per heavy atom. The first-order valence-corrected chi connectivity index (χ1v) is 6.96. The zero-order valence-electron chi connectivity index (χ0n) is 11.9. The van der Waals surface area contributed by atoms with Gasteiger partial charge in [-0.05, 0) is 30.5 Å². The maximum atomic E-state index is 6.00. The first kappa shape index (κ1) is 13.3. The number of hydrogen-bond acceptors (Lipinski definition) is 3. The van der Waals surface area contributed by atoms with Crippen molar-refractivity contribution in [1.29, 1.82) is 0 Å². The molecule has 0 atom stereocenters. The van der Waals surface area contributed by atoms with Gasteiger partial charge in [0.05, 0.1) is 12.3 Å². The summed E-state index contributed by atoms with van der Waals surface area (Å²) in [5, 5.41) is 2.23. The fourth-order valence-electron chi connectivity index (χ4n) is 2.27. The van der Waals surface area contributed by atoms with Gasteiger partial charge in [0, 0.05) is 11.5 Å². The van der Waals surface area contributed by atoms with Gasteiger partial charge in [0.15, 0.2) is 0 Å². The number of rotatable bonds is 4. The van der Waals surface area contributed by atoms with Crippen LogP contribution < -0.4 is 15.2 Å². The van der Waals surface area contributed by atoms with Gasteiger partial charge in [-0.15, -0.1) is 0 Å². The predicted molar refractivity (Wildman–Crippen MR) is 86.0 cm³/mol. The summed E-state index contributed by atoms with van der Waals surface area (Å²) in [4.78, 5) is 0. The van der Waals surface area contributed by atoms with Crippen molar-refractivity contribution in [2.75, 3.05) is 12.3 Å². The molecule has 3 heteroatoms. The van der Waals surface area contributed by atoms with Gasteiger partial charge < -0.3 is 15.2 Å². The number of ether oxygens (including phenoxy) is 2. The highest BCUT2D eigenvalue weighted by molar-refractivity contribution is 5.88. The molecule has 106 valence electrons. The van der Waals surface area contributed by atoms with Crippen molar-refractivity contribution in [3.8, 4) is 17.2 Å². The molecule has 0 heterocycles. The van der Waals surface area contributed by atoms with Crippen molar-refractivity contribution in [2.45, 2.75) is 6.92 Å². The quantitative estimate of drug-likeness (QED) is 0.709. The summed E-state index contributed by atoms with van der Waals surface area (Å²) in [6, 6.07) is 19.6. The Hall–Kier alpha value is -2.68. The molecule has 0 saturated heterocycles. The molecule has 21 heavy (non-hydrogen) atoms. The minimum Gasteiger partial charge on any atom is -0.492 e. The smallest absolute Gasteiger partial charge is 0.145 e. The van der Waals surface area contributed by atoms with E-state index in [1.54, 1.807) is 6.07 Å². The summed E-state index contributed by atoms with van der Waals surface area (Å²) in [5.41, 5.74) is 6.49. The van der Waals surface area contributed by atoms with Crippen molar-refractivity contribution in [2.24, 2.45) is 0 Å². The Labute approximate surface area is 123 Å². The van der Waals surface area contributed by atoms with Gasteiger partial charge in [-0.3, -0.25) is 0 Å². The van der Waals surface area contributed by atoms with Crippen LogP contribution in [-0.4, -0.2) is 6.61 Å². The highest BCUT2D eigenvalue weighted by Gasteiger charge is 2.06. The normalized spacial score (nSPS) is 10.5. The van der Waals surface area contributed by atoms with E-state index in [2.05, 4.69) is 12.1 Å². The topological polar surface area (TPSA) is 44.5 Å². The SMILES string of the molecule is CCOc1cc(Oc2cccc3ccccc23)ccc1N. The van der Waals surface area contributed by atoms with Gasteiger partial charge in [-0.25, -0.2) is 0 Å². The standard InChI is InChI=1S/C18H17NO2/c1-2-20-18-12-14(10-11-16(18)19)21-17-9-5-7-13-6-3-4-8-15(13)17/h3-12H,2,19H2,1H3. The molecule has 0 aliphatic heterocycles. The monoisotopic (exact) mass is 279 g/mol. The summed E-state index contributed by atoms with van der Waals surface area (Å²) < 4.78 is 11.5. The van der Waals surface area contributed by atoms with E-state index in [1.807, 2.05) is 49.4 Å². The second kappa shape index (κ2) is 5.75. The molecular weight excluding hydrogens is 262 g/mol. The van der Waals surface area contributed by atoms with Gasteiger partial charge in [-0.2, -0.15) is 0 Å².